The highest BCUT2D eigenvalue weighted by molar-refractivity contribution is 6.05. The van der Waals surface area contributed by atoms with Crippen LogP contribution in [0.25, 0.3) is 10.8 Å². The maximum Gasteiger partial charge on any atom is 0.273 e. The molecule has 0 aliphatic carbocycles. The van der Waals surface area contributed by atoms with Crippen molar-refractivity contribution in [2.24, 2.45) is 0 Å². The van der Waals surface area contributed by atoms with Crippen LogP contribution < -0.4 is 10.9 Å². The minimum atomic E-state index is -0.129. The molecule has 2 unspecified atom stereocenters. The number of amides is 2. The Bertz CT molecular complexity index is 859. The average Bonchev–Trinajstić information content (AvgIpc) is 3.16. The van der Waals surface area contributed by atoms with E-state index in [9.17, 15) is 9.59 Å². The second-order valence-corrected chi connectivity index (χ2v) is 7.62. The first-order chi connectivity index (χ1) is 13.6. The number of likely N-dealkylation sites (tertiary alicyclic amines) is 1. The number of hydrogen-bond donors (Lipinski definition) is 2. The van der Waals surface area contributed by atoms with E-state index in [1.54, 1.807) is 6.20 Å². The van der Waals surface area contributed by atoms with Crippen LogP contribution >= 0.6 is 0 Å². The number of hydrogen-bond acceptors (Lipinski definition) is 5. The standard InChI is InChI=1S/C21H27N5O2/c1-25(21(28)19-17-7-3-2-5-15(17)8-11-22-19)16-6-4-13-26(14-10-16)20(27)18-9-12-23-24-18/h2-3,5,7-8,11,16,18,23-24H,4,6,9-10,12-14H2,1H3. The third-order valence-corrected chi connectivity index (χ3v) is 5.89. The topological polar surface area (TPSA) is 77.6 Å². The number of aromatic nitrogens is 1. The molecule has 2 N–H and O–H groups in total. The Morgan fingerprint density at radius 3 is 2.82 bits per heavy atom. The third kappa shape index (κ3) is 3.72. The van der Waals surface area contributed by atoms with Crippen LogP contribution in [0.15, 0.2) is 36.5 Å². The summed E-state index contributed by atoms with van der Waals surface area (Å²) >= 11 is 0. The molecule has 1 aromatic carbocycles. The summed E-state index contributed by atoms with van der Waals surface area (Å²) < 4.78 is 0. The zero-order chi connectivity index (χ0) is 19.5. The molecule has 0 bridgehead atoms. The van der Waals surface area contributed by atoms with Gasteiger partial charge >= 0.3 is 0 Å². The van der Waals surface area contributed by atoms with Crippen molar-refractivity contribution in [3.63, 3.8) is 0 Å². The molecule has 2 atom stereocenters. The minimum absolute atomic E-state index is 0.0526. The molecular formula is C21H27N5O2. The minimum Gasteiger partial charge on any atom is -0.341 e. The summed E-state index contributed by atoms with van der Waals surface area (Å²) in [5.41, 5.74) is 6.58. The molecule has 0 radical (unpaired) electrons. The first kappa shape index (κ1) is 18.8. The summed E-state index contributed by atoms with van der Waals surface area (Å²) in [5.74, 6) is 0.110. The molecule has 0 saturated carbocycles. The lowest BCUT2D eigenvalue weighted by atomic mass is 10.1. The van der Waals surface area contributed by atoms with Crippen molar-refractivity contribution in [2.75, 3.05) is 26.7 Å². The molecule has 148 valence electrons. The zero-order valence-corrected chi connectivity index (χ0v) is 16.2. The van der Waals surface area contributed by atoms with Gasteiger partial charge in [-0.15, -0.1) is 0 Å². The van der Waals surface area contributed by atoms with E-state index in [0.29, 0.717) is 12.2 Å². The number of hydrazine groups is 1. The van der Waals surface area contributed by atoms with Crippen LogP contribution in [0.5, 0.6) is 0 Å². The number of carbonyl (C=O) groups is 2. The summed E-state index contributed by atoms with van der Waals surface area (Å²) in [6.45, 7) is 2.26. The van der Waals surface area contributed by atoms with Crippen molar-refractivity contribution in [3.05, 3.63) is 42.2 Å². The predicted octanol–water partition coefficient (Wildman–Crippen LogP) is 1.55. The molecule has 2 aliphatic rings. The normalized spacial score (nSPS) is 22.8. The van der Waals surface area contributed by atoms with Gasteiger partial charge in [-0.25, -0.2) is 5.43 Å². The quantitative estimate of drug-likeness (QED) is 0.844. The van der Waals surface area contributed by atoms with E-state index in [4.69, 9.17) is 0 Å². The Balaban J connectivity index is 1.45. The van der Waals surface area contributed by atoms with Gasteiger partial charge in [0.1, 0.15) is 11.7 Å². The smallest absolute Gasteiger partial charge is 0.273 e. The van der Waals surface area contributed by atoms with Crippen molar-refractivity contribution in [1.82, 2.24) is 25.6 Å². The number of nitrogens with zero attached hydrogens (tertiary/aromatic N) is 3. The molecule has 3 heterocycles. The summed E-state index contributed by atoms with van der Waals surface area (Å²) in [6.07, 6.45) is 5.10. The molecule has 2 aliphatic heterocycles. The Morgan fingerprint density at radius 2 is 2.00 bits per heavy atom. The molecule has 2 aromatic rings. The number of carbonyl (C=O) groups excluding carboxylic acids is 2. The Labute approximate surface area is 165 Å². The number of benzene rings is 1. The van der Waals surface area contributed by atoms with Gasteiger partial charge < -0.3 is 9.80 Å². The largest absolute Gasteiger partial charge is 0.341 e. The predicted molar refractivity (Wildman–Crippen MR) is 108 cm³/mol. The van der Waals surface area contributed by atoms with Gasteiger partial charge in [0, 0.05) is 44.3 Å². The van der Waals surface area contributed by atoms with Crippen molar-refractivity contribution in [3.8, 4) is 0 Å². The van der Waals surface area contributed by atoms with Crippen molar-refractivity contribution in [2.45, 2.75) is 37.8 Å². The number of pyridine rings is 1. The molecule has 2 fully saturated rings. The van der Waals surface area contributed by atoms with Gasteiger partial charge in [-0.05, 0) is 37.1 Å². The van der Waals surface area contributed by atoms with Gasteiger partial charge in [0.05, 0.1) is 0 Å². The van der Waals surface area contributed by atoms with Crippen LogP contribution in [-0.4, -0.2) is 65.4 Å². The fourth-order valence-corrected chi connectivity index (χ4v) is 4.20. The van der Waals surface area contributed by atoms with E-state index in [1.165, 1.54) is 0 Å². The molecule has 7 heteroatoms. The van der Waals surface area contributed by atoms with E-state index in [-0.39, 0.29) is 23.9 Å². The highest BCUT2D eigenvalue weighted by Crippen LogP contribution is 2.22. The van der Waals surface area contributed by atoms with Gasteiger partial charge in [0.25, 0.3) is 5.91 Å². The molecule has 0 spiro atoms. The van der Waals surface area contributed by atoms with Crippen molar-refractivity contribution in [1.29, 1.82) is 0 Å². The van der Waals surface area contributed by atoms with E-state index in [2.05, 4.69) is 15.8 Å². The number of nitrogens with one attached hydrogen (secondary N) is 2. The Hall–Kier alpha value is -2.51. The summed E-state index contributed by atoms with van der Waals surface area (Å²) in [5, 5.41) is 1.90. The molecule has 2 amide bonds. The summed E-state index contributed by atoms with van der Waals surface area (Å²) in [6, 6.07) is 9.74. The lowest BCUT2D eigenvalue weighted by Gasteiger charge is -2.28. The summed E-state index contributed by atoms with van der Waals surface area (Å²) in [7, 11) is 1.86. The van der Waals surface area contributed by atoms with E-state index in [0.717, 1.165) is 49.5 Å². The lowest BCUT2D eigenvalue weighted by Crippen LogP contribution is -2.46. The highest BCUT2D eigenvalue weighted by atomic mass is 16.2. The number of rotatable bonds is 3. The van der Waals surface area contributed by atoms with Crippen molar-refractivity contribution < 1.29 is 9.59 Å². The molecule has 28 heavy (non-hydrogen) atoms. The highest BCUT2D eigenvalue weighted by Gasteiger charge is 2.31. The van der Waals surface area contributed by atoms with Gasteiger partial charge in [-0.1, -0.05) is 24.3 Å². The fraction of sp³-hybridized carbons (Fsp3) is 0.476. The second kappa shape index (κ2) is 8.24. The van der Waals surface area contributed by atoms with Gasteiger partial charge in [0.15, 0.2) is 0 Å². The van der Waals surface area contributed by atoms with Crippen LogP contribution in [0.2, 0.25) is 0 Å². The SMILES string of the molecule is CN(C(=O)c1nccc2ccccc12)C1CCCN(C(=O)C2CCNN2)CC1. The van der Waals surface area contributed by atoms with Crippen molar-refractivity contribution >= 4 is 22.6 Å². The summed E-state index contributed by atoms with van der Waals surface area (Å²) in [4.78, 5) is 34.0. The zero-order valence-electron chi connectivity index (χ0n) is 16.2. The molecule has 4 rings (SSSR count). The fourth-order valence-electron chi connectivity index (χ4n) is 4.20. The van der Waals surface area contributed by atoms with Gasteiger partial charge in [-0.2, -0.15) is 0 Å². The van der Waals surface area contributed by atoms with Crippen LogP contribution in [0, 0.1) is 0 Å². The maximum absolute atomic E-state index is 13.2. The van der Waals surface area contributed by atoms with E-state index < -0.39 is 0 Å². The first-order valence-corrected chi connectivity index (χ1v) is 10.0. The van der Waals surface area contributed by atoms with E-state index >= 15 is 0 Å². The third-order valence-electron chi connectivity index (χ3n) is 5.89. The van der Waals surface area contributed by atoms with Crippen LogP contribution in [0.3, 0.4) is 0 Å². The maximum atomic E-state index is 13.2. The van der Waals surface area contributed by atoms with Gasteiger partial charge in [-0.3, -0.25) is 20.0 Å². The second-order valence-electron chi connectivity index (χ2n) is 7.62. The lowest BCUT2D eigenvalue weighted by molar-refractivity contribution is -0.133. The first-order valence-electron chi connectivity index (χ1n) is 10.0. The van der Waals surface area contributed by atoms with Crippen LogP contribution in [-0.2, 0) is 4.79 Å². The molecule has 7 nitrogen and oxygen atoms in total. The molecule has 2 saturated heterocycles. The van der Waals surface area contributed by atoms with E-state index in [1.807, 2.05) is 47.2 Å². The number of fused-ring (bicyclic) bond motifs is 1. The van der Waals surface area contributed by atoms with Crippen LogP contribution in [0.1, 0.15) is 36.2 Å². The van der Waals surface area contributed by atoms with Gasteiger partial charge in [0.2, 0.25) is 5.91 Å². The van der Waals surface area contributed by atoms with Crippen LogP contribution in [0.4, 0.5) is 0 Å². The Morgan fingerprint density at radius 1 is 1.14 bits per heavy atom. The monoisotopic (exact) mass is 381 g/mol. The molecular weight excluding hydrogens is 354 g/mol. The Kier molecular flexibility index (Phi) is 5.54. The molecule has 1 aromatic heterocycles. The average molecular weight is 381 g/mol.